The molecule has 6 nitrogen and oxygen atoms in total. The molecule has 1 aliphatic rings. The Kier molecular flexibility index (Phi) is 4.82. The lowest BCUT2D eigenvalue weighted by atomic mass is 10.2. The lowest BCUT2D eigenvalue weighted by Gasteiger charge is -2.25. The molecule has 0 bridgehead atoms. The van der Waals surface area contributed by atoms with Crippen molar-refractivity contribution >= 4 is 28.2 Å². The van der Waals surface area contributed by atoms with Crippen LogP contribution in [0.5, 0.6) is 0 Å². The lowest BCUT2D eigenvalue weighted by Crippen LogP contribution is -2.39. The van der Waals surface area contributed by atoms with Crippen molar-refractivity contribution in [3.05, 3.63) is 4.88 Å². The normalized spacial score (nSPS) is 19.2. The van der Waals surface area contributed by atoms with Gasteiger partial charge in [-0.3, -0.25) is 4.79 Å². The first kappa shape index (κ1) is 15.1. The Morgan fingerprint density at radius 2 is 2.40 bits per heavy atom. The number of nitrogen functional groups attached to an aromatic ring is 1. The number of amides is 1. The maximum Gasteiger partial charge on any atom is 0.267 e. The molecule has 20 heavy (non-hydrogen) atoms. The third-order valence-electron chi connectivity index (χ3n) is 3.68. The van der Waals surface area contributed by atoms with Crippen LogP contribution in [0.3, 0.4) is 0 Å². The number of thiazole rings is 1. The summed E-state index contributed by atoms with van der Waals surface area (Å²) in [7, 11) is 3.95. The zero-order valence-corrected chi connectivity index (χ0v) is 13.2. The predicted molar refractivity (Wildman–Crippen MR) is 83.3 cm³/mol. The number of hydrogen-bond acceptors (Lipinski definition) is 6. The van der Waals surface area contributed by atoms with Crippen molar-refractivity contribution in [3.63, 3.8) is 0 Å². The molecule has 1 amide bonds. The molecular formula is C13H23N5OS. The van der Waals surface area contributed by atoms with E-state index in [0.29, 0.717) is 21.9 Å². The van der Waals surface area contributed by atoms with Crippen LogP contribution in [-0.4, -0.2) is 60.5 Å². The Labute approximate surface area is 124 Å². The van der Waals surface area contributed by atoms with E-state index >= 15 is 0 Å². The Bertz CT molecular complexity index is 475. The molecule has 0 spiro atoms. The van der Waals surface area contributed by atoms with Crippen molar-refractivity contribution in [2.45, 2.75) is 25.8 Å². The largest absolute Gasteiger partial charge is 0.382 e. The average molecular weight is 297 g/mol. The van der Waals surface area contributed by atoms with Crippen LogP contribution in [0.15, 0.2) is 0 Å². The molecule has 1 unspecified atom stereocenters. The summed E-state index contributed by atoms with van der Waals surface area (Å²) in [5.74, 6) is 0.284. The molecule has 3 N–H and O–H groups in total. The fraction of sp³-hybridized carbons (Fsp3) is 0.692. The van der Waals surface area contributed by atoms with Gasteiger partial charge in [0.25, 0.3) is 5.91 Å². The summed E-state index contributed by atoms with van der Waals surface area (Å²) in [5, 5.41) is 3.80. The molecule has 1 atom stereocenters. The van der Waals surface area contributed by atoms with Crippen LogP contribution in [0.2, 0.25) is 0 Å². The molecule has 1 aromatic rings. The van der Waals surface area contributed by atoms with Crippen molar-refractivity contribution < 1.29 is 4.79 Å². The van der Waals surface area contributed by atoms with Gasteiger partial charge in [-0.15, -0.1) is 0 Å². The molecule has 2 rings (SSSR count). The van der Waals surface area contributed by atoms with Crippen molar-refractivity contribution in [3.8, 4) is 0 Å². The second-order valence-corrected chi connectivity index (χ2v) is 6.23. The number of likely N-dealkylation sites (tertiary alicyclic amines) is 1. The van der Waals surface area contributed by atoms with E-state index in [1.54, 1.807) is 4.90 Å². The zero-order valence-electron chi connectivity index (χ0n) is 12.3. The SMILES string of the molecule is CCNc1nc(N)c(C(=O)N(C)CC2CCCN2C)s1. The molecule has 0 aromatic carbocycles. The molecule has 1 fully saturated rings. The van der Waals surface area contributed by atoms with Crippen molar-refractivity contribution in [2.75, 3.05) is 44.8 Å². The van der Waals surface area contributed by atoms with Crippen LogP contribution < -0.4 is 11.1 Å². The van der Waals surface area contributed by atoms with Gasteiger partial charge >= 0.3 is 0 Å². The van der Waals surface area contributed by atoms with Gasteiger partial charge in [-0.2, -0.15) is 0 Å². The van der Waals surface area contributed by atoms with E-state index in [-0.39, 0.29) is 5.91 Å². The van der Waals surface area contributed by atoms with E-state index in [9.17, 15) is 4.79 Å². The highest BCUT2D eigenvalue weighted by Gasteiger charge is 2.26. The van der Waals surface area contributed by atoms with Crippen molar-refractivity contribution in [1.29, 1.82) is 0 Å². The molecule has 1 aliphatic heterocycles. The maximum absolute atomic E-state index is 12.4. The van der Waals surface area contributed by atoms with Crippen molar-refractivity contribution in [1.82, 2.24) is 14.8 Å². The number of anilines is 2. The third-order valence-corrected chi connectivity index (χ3v) is 4.70. The number of nitrogens with two attached hydrogens (primary N) is 1. The highest BCUT2D eigenvalue weighted by molar-refractivity contribution is 7.18. The number of aromatic nitrogens is 1. The van der Waals surface area contributed by atoms with E-state index in [0.717, 1.165) is 26.1 Å². The lowest BCUT2D eigenvalue weighted by molar-refractivity contribution is 0.0767. The van der Waals surface area contributed by atoms with Gasteiger partial charge in [0.1, 0.15) is 10.7 Å². The first-order valence-corrected chi connectivity index (χ1v) is 7.80. The number of carbonyl (C=O) groups is 1. The molecular weight excluding hydrogens is 274 g/mol. The summed E-state index contributed by atoms with van der Waals surface area (Å²) in [6, 6.07) is 0.450. The standard InChI is InChI=1S/C13H23N5OS/c1-4-15-13-16-11(14)10(20-13)12(19)18(3)8-9-6-5-7-17(9)2/h9H,4-8,14H2,1-3H3,(H,15,16). The predicted octanol–water partition coefficient (Wildman–Crippen LogP) is 1.32. The van der Waals surface area contributed by atoms with Crippen LogP contribution in [0.4, 0.5) is 10.9 Å². The number of hydrogen-bond donors (Lipinski definition) is 2. The van der Waals surface area contributed by atoms with Crippen LogP contribution >= 0.6 is 11.3 Å². The highest BCUT2D eigenvalue weighted by atomic mass is 32.1. The van der Waals surface area contributed by atoms with Crippen LogP contribution in [0, 0.1) is 0 Å². The summed E-state index contributed by atoms with van der Waals surface area (Å²) in [4.78, 5) is 21.2. The zero-order chi connectivity index (χ0) is 14.7. The Morgan fingerprint density at radius 3 is 3.00 bits per heavy atom. The van der Waals surface area contributed by atoms with Gasteiger partial charge in [0.2, 0.25) is 0 Å². The van der Waals surface area contributed by atoms with Crippen LogP contribution in [-0.2, 0) is 0 Å². The van der Waals surface area contributed by atoms with Gasteiger partial charge in [-0.1, -0.05) is 11.3 Å². The van der Waals surface area contributed by atoms with Gasteiger partial charge in [0, 0.05) is 26.2 Å². The fourth-order valence-corrected chi connectivity index (χ4v) is 3.44. The fourth-order valence-electron chi connectivity index (χ4n) is 2.49. The average Bonchev–Trinajstić information content (AvgIpc) is 2.96. The van der Waals surface area contributed by atoms with E-state index in [4.69, 9.17) is 5.73 Å². The highest BCUT2D eigenvalue weighted by Crippen LogP contribution is 2.26. The first-order chi connectivity index (χ1) is 9.52. The van der Waals surface area contributed by atoms with E-state index < -0.39 is 0 Å². The second kappa shape index (κ2) is 6.41. The van der Waals surface area contributed by atoms with Gasteiger partial charge in [-0.05, 0) is 33.4 Å². The molecule has 0 radical (unpaired) electrons. The Balaban J connectivity index is 2.02. The Morgan fingerprint density at radius 1 is 1.65 bits per heavy atom. The van der Waals surface area contributed by atoms with E-state index in [1.165, 1.54) is 17.8 Å². The molecule has 1 aromatic heterocycles. The number of carbonyl (C=O) groups excluding carboxylic acids is 1. The summed E-state index contributed by atoms with van der Waals surface area (Å²) >= 11 is 1.33. The summed E-state index contributed by atoms with van der Waals surface area (Å²) in [5.41, 5.74) is 5.85. The Hall–Kier alpha value is -1.34. The van der Waals surface area contributed by atoms with Gasteiger partial charge in [0.15, 0.2) is 5.13 Å². The minimum atomic E-state index is -0.0375. The number of rotatable bonds is 5. The number of nitrogens with zero attached hydrogens (tertiary/aromatic N) is 3. The van der Waals surface area contributed by atoms with E-state index in [1.807, 2.05) is 14.0 Å². The maximum atomic E-state index is 12.4. The molecule has 2 heterocycles. The van der Waals surface area contributed by atoms with Crippen LogP contribution in [0.25, 0.3) is 0 Å². The molecule has 7 heteroatoms. The van der Waals surface area contributed by atoms with Gasteiger partial charge < -0.3 is 20.9 Å². The molecule has 0 aliphatic carbocycles. The van der Waals surface area contributed by atoms with E-state index in [2.05, 4.69) is 22.2 Å². The molecule has 1 saturated heterocycles. The summed E-state index contributed by atoms with van der Waals surface area (Å²) in [6.45, 7) is 4.60. The third kappa shape index (κ3) is 3.21. The topological polar surface area (TPSA) is 74.5 Å². The number of nitrogens with one attached hydrogen (secondary N) is 1. The van der Waals surface area contributed by atoms with Gasteiger partial charge in [0.05, 0.1) is 0 Å². The van der Waals surface area contributed by atoms with Crippen LogP contribution in [0.1, 0.15) is 29.4 Å². The minimum Gasteiger partial charge on any atom is -0.382 e. The molecule has 0 saturated carbocycles. The summed E-state index contributed by atoms with van der Waals surface area (Å²) < 4.78 is 0. The number of likely N-dealkylation sites (N-methyl/N-ethyl adjacent to an activating group) is 2. The summed E-state index contributed by atoms with van der Waals surface area (Å²) in [6.07, 6.45) is 2.35. The first-order valence-electron chi connectivity index (χ1n) is 6.98. The quantitative estimate of drug-likeness (QED) is 0.857. The second-order valence-electron chi connectivity index (χ2n) is 5.23. The molecule has 112 valence electrons. The monoisotopic (exact) mass is 297 g/mol. The van der Waals surface area contributed by atoms with Crippen molar-refractivity contribution in [2.24, 2.45) is 0 Å². The minimum absolute atomic E-state index is 0.0375. The van der Waals surface area contributed by atoms with Gasteiger partial charge in [-0.25, -0.2) is 4.98 Å². The smallest absolute Gasteiger partial charge is 0.267 e.